The van der Waals surface area contributed by atoms with Crippen molar-refractivity contribution >= 4 is 5.91 Å². The topological polar surface area (TPSA) is 69.0 Å². The summed E-state index contributed by atoms with van der Waals surface area (Å²) in [4.78, 5) is 17.9. The first-order valence-electron chi connectivity index (χ1n) is 5.59. The Labute approximate surface area is 100 Å². The zero-order valence-corrected chi connectivity index (χ0v) is 9.68. The molecule has 1 fully saturated rings. The monoisotopic (exact) mass is 230 g/mol. The fraction of sp³-hybridized carbons (Fsp3) is 0.417. The fourth-order valence-corrected chi connectivity index (χ4v) is 1.87. The number of rotatable bonds is 1. The van der Waals surface area contributed by atoms with Crippen molar-refractivity contribution in [2.45, 2.75) is 13.0 Å². The lowest BCUT2D eigenvalue weighted by Gasteiger charge is -2.31. The molecule has 2 heterocycles. The van der Waals surface area contributed by atoms with Gasteiger partial charge < -0.3 is 10.2 Å². The van der Waals surface area contributed by atoms with E-state index in [-0.39, 0.29) is 5.91 Å². The van der Waals surface area contributed by atoms with Gasteiger partial charge in [-0.3, -0.25) is 4.79 Å². The molecular formula is C12H14N4O. The molecule has 2 rings (SSSR count). The second-order valence-electron chi connectivity index (χ2n) is 4.15. The minimum Gasteiger partial charge on any atom is -0.334 e. The quantitative estimate of drug-likeness (QED) is 0.757. The number of pyridine rings is 1. The van der Waals surface area contributed by atoms with Crippen LogP contribution < -0.4 is 5.32 Å². The zero-order valence-electron chi connectivity index (χ0n) is 9.68. The fourth-order valence-electron chi connectivity index (χ4n) is 1.87. The number of nitrogens with one attached hydrogen (secondary N) is 1. The van der Waals surface area contributed by atoms with Crippen molar-refractivity contribution < 1.29 is 4.79 Å². The van der Waals surface area contributed by atoms with E-state index < -0.39 is 0 Å². The minimum absolute atomic E-state index is 0.0668. The predicted octanol–water partition coefficient (Wildman–Crippen LogP) is 0.387. The number of amides is 1. The Bertz CT molecular complexity index is 449. The largest absolute Gasteiger partial charge is 0.334 e. The molecule has 0 unspecified atom stereocenters. The third-order valence-corrected chi connectivity index (χ3v) is 2.77. The molecule has 0 bridgehead atoms. The van der Waals surface area contributed by atoms with Crippen LogP contribution in [0.2, 0.25) is 0 Å². The number of nitrogens with zero attached hydrogens (tertiary/aromatic N) is 3. The maximum atomic E-state index is 12.1. The smallest absolute Gasteiger partial charge is 0.272 e. The second-order valence-corrected chi connectivity index (χ2v) is 4.15. The Morgan fingerprint density at radius 1 is 1.65 bits per heavy atom. The molecule has 0 saturated carbocycles. The minimum atomic E-state index is -0.0668. The van der Waals surface area contributed by atoms with E-state index in [0.29, 0.717) is 30.4 Å². The van der Waals surface area contributed by atoms with Crippen LogP contribution in [0.25, 0.3) is 0 Å². The maximum absolute atomic E-state index is 12.1. The van der Waals surface area contributed by atoms with Crippen molar-refractivity contribution in [1.82, 2.24) is 15.2 Å². The van der Waals surface area contributed by atoms with Crippen molar-refractivity contribution in [2.24, 2.45) is 0 Å². The Balaban J connectivity index is 2.11. The lowest BCUT2D eigenvalue weighted by atomic mass is 10.2. The molecule has 5 heteroatoms. The van der Waals surface area contributed by atoms with Gasteiger partial charge in [0.15, 0.2) is 0 Å². The van der Waals surface area contributed by atoms with Crippen molar-refractivity contribution in [3.8, 4) is 6.07 Å². The molecule has 1 aromatic heterocycles. The highest BCUT2D eigenvalue weighted by Crippen LogP contribution is 2.06. The second kappa shape index (κ2) is 4.93. The first kappa shape index (κ1) is 11.6. The summed E-state index contributed by atoms with van der Waals surface area (Å²) in [5, 5.41) is 11.9. The standard InChI is InChI=1S/C12H14N4O/c1-9-8-16(5-4-14-9)12(17)11-3-2-10(6-13)7-15-11/h2-3,7,9,14H,4-5,8H2,1H3/t9-/m1/s1. The number of aromatic nitrogens is 1. The Morgan fingerprint density at radius 2 is 2.47 bits per heavy atom. The summed E-state index contributed by atoms with van der Waals surface area (Å²) in [5.74, 6) is -0.0668. The van der Waals surface area contributed by atoms with Gasteiger partial charge in [0, 0.05) is 31.9 Å². The Morgan fingerprint density at radius 3 is 3.06 bits per heavy atom. The molecule has 1 aromatic rings. The Kier molecular flexibility index (Phi) is 3.35. The van der Waals surface area contributed by atoms with Gasteiger partial charge in [0.2, 0.25) is 0 Å². The molecule has 0 aromatic carbocycles. The summed E-state index contributed by atoms with van der Waals surface area (Å²) in [6.07, 6.45) is 1.43. The number of carbonyl (C=O) groups excluding carboxylic acids is 1. The van der Waals surface area contributed by atoms with E-state index in [0.717, 1.165) is 6.54 Å². The zero-order chi connectivity index (χ0) is 12.3. The summed E-state index contributed by atoms with van der Waals surface area (Å²) < 4.78 is 0. The first-order chi connectivity index (χ1) is 8.20. The molecule has 1 N–H and O–H groups in total. The van der Waals surface area contributed by atoms with E-state index in [9.17, 15) is 4.79 Å². The summed E-state index contributed by atoms with van der Waals surface area (Å²) in [6.45, 7) is 4.25. The van der Waals surface area contributed by atoms with Crippen LogP contribution in [0.4, 0.5) is 0 Å². The number of piperazine rings is 1. The molecule has 1 amide bonds. The highest BCUT2D eigenvalue weighted by molar-refractivity contribution is 5.92. The average Bonchev–Trinajstić information content (AvgIpc) is 2.38. The maximum Gasteiger partial charge on any atom is 0.272 e. The van der Waals surface area contributed by atoms with Gasteiger partial charge in [-0.1, -0.05) is 0 Å². The average molecular weight is 230 g/mol. The molecule has 0 radical (unpaired) electrons. The van der Waals surface area contributed by atoms with Gasteiger partial charge in [0.25, 0.3) is 5.91 Å². The van der Waals surface area contributed by atoms with Crippen LogP contribution >= 0.6 is 0 Å². The van der Waals surface area contributed by atoms with Gasteiger partial charge in [-0.2, -0.15) is 5.26 Å². The molecule has 1 aliphatic rings. The van der Waals surface area contributed by atoms with Crippen molar-refractivity contribution in [1.29, 1.82) is 5.26 Å². The third-order valence-electron chi connectivity index (χ3n) is 2.77. The highest BCUT2D eigenvalue weighted by Gasteiger charge is 2.22. The van der Waals surface area contributed by atoms with E-state index in [2.05, 4.69) is 10.3 Å². The van der Waals surface area contributed by atoms with Crippen LogP contribution in [-0.4, -0.2) is 41.5 Å². The van der Waals surface area contributed by atoms with Crippen molar-refractivity contribution in [3.63, 3.8) is 0 Å². The van der Waals surface area contributed by atoms with Crippen LogP contribution in [0.5, 0.6) is 0 Å². The molecule has 1 atom stereocenters. The lowest BCUT2D eigenvalue weighted by molar-refractivity contribution is 0.0703. The van der Waals surface area contributed by atoms with Crippen molar-refractivity contribution in [3.05, 3.63) is 29.6 Å². The summed E-state index contributed by atoms with van der Waals surface area (Å²) in [7, 11) is 0. The van der Waals surface area contributed by atoms with E-state index in [1.807, 2.05) is 13.0 Å². The van der Waals surface area contributed by atoms with Gasteiger partial charge in [0.1, 0.15) is 11.8 Å². The van der Waals surface area contributed by atoms with E-state index >= 15 is 0 Å². The number of nitriles is 1. The molecule has 17 heavy (non-hydrogen) atoms. The van der Waals surface area contributed by atoms with E-state index in [1.165, 1.54) is 6.20 Å². The van der Waals surface area contributed by atoms with Crippen LogP contribution in [-0.2, 0) is 0 Å². The molecule has 0 spiro atoms. The van der Waals surface area contributed by atoms with Gasteiger partial charge in [-0.15, -0.1) is 0 Å². The summed E-state index contributed by atoms with van der Waals surface area (Å²) >= 11 is 0. The van der Waals surface area contributed by atoms with Crippen LogP contribution in [0, 0.1) is 11.3 Å². The number of carbonyl (C=O) groups is 1. The normalized spacial score (nSPS) is 19.8. The summed E-state index contributed by atoms with van der Waals surface area (Å²) in [6, 6.07) is 5.52. The number of hydrogen-bond donors (Lipinski definition) is 1. The van der Waals surface area contributed by atoms with Crippen molar-refractivity contribution in [2.75, 3.05) is 19.6 Å². The lowest BCUT2D eigenvalue weighted by Crippen LogP contribution is -2.51. The van der Waals surface area contributed by atoms with Gasteiger partial charge in [0.05, 0.1) is 5.56 Å². The SMILES string of the molecule is C[C@@H]1CN(C(=O)c2ccc(C#N)cn2)CCN1. The molecule has 0 aliphatic carbocycles. The van der Waals surface area contributed by atoms with Gasteiger partial charge in [-0.25, -0.2) is 4.98 Å². The van der Waals surface area contributed by atoms with E-state index in [1.54, 1.807) is 17.0 Å². The van der Waals surface area contributed by atoms with Gasteiger partial charge >= 0.3 is 0 Å². The highest BCUT2D eigenvalue weighted by atomic mass is 16.2. The van der Waals surface area contributed by atoms with E-state index in [4.69, 9.17) is 5.26 Å². The molecule has 88 valence electrons. The number of hydrogen-bond acceptors (Lipinski definition) is 4. The summed E-state index contributed by atoms with van der Waals surface area (Å²) in [5.41, 5.74) is 0.869. The van der Waals surface area contributed by atoms with Gasteiger partial charge in [-0.05, 0) is 19.1 Å². The van der Waals surface area contributed by atoms with Crippen LogP contribution in [0.3, 0.4) is 0 Å². The Hall–Kier alpha value is -1.93. The predicted molar refractivity (Wildman–Crippen MR) is 62.3 cm³/mol. The molecule has 1 saturated heterocycles. The van der Waals surface area contributed by atoms with Crippen LogP contribution in [0.1, 0.15) is 23.0 Å². The third kappa shape index (κ3) is 2.60. The molecular weight excluding hydrogens is 216 g/mol. The molecule has 5 nitrogen and oxygen atoms in total. The first-order valence-corrected chi connectivity index (χ1v) is 5.59. The molecule has 1 aliphatic heterocycles. The van der Waals surface area contributed by atoms with Crippen LogP contribution in [0.15, 0.2) is 18.3 Å².